The number of carbonyl (C=O) groups excluding carboxylic acids is 1. The van der Waals surface area contributed by atoms with Crippen LogP contribution in [0.1, 0.15) is 16.8 Å². The molecule has 2 N–H and O–H groups in total. The van der Waals surface area contributed by atoms with Gasteiger partial charge in [0, 0.05) is 24.7 Å². The predicted octanol–water partition coefficient (Wildman–Crippen LogP) is 4.03. The number of nitrogens with one attached hydrogen (secondary N) is 1. The standard InChI is InChI=1S/C16H19ClN2O3/c1-8-6-11(12(17)7-9(8)2)13-14(10(3)18-15(13)20)22-16(21)19(4)5/h6-7,18,20H,1-5H3. The molecule has 0 bridgehead atoms. The number of carbonyl (C=O) groups is 1. The van der Waals surface area contributed by atoms with E-state index in [2.05, 4.69) is 4.98 Å². The van der Waals surface area contributed by atoms with Crippen LogP contribution in [0.5, 0.6) is 11.6 Å². The maximum absolute atomic E-state index is 11.8. The minimum atomic E-state index is -0.525. The molecule has 0 radical (unpaired) electrons. The van der Waals surface area contributed by atoms with Gasteiger partial charge in [-0.2, -0.15) is 0 Å². The monoisotopic (exact) mass is 322 g/mol. The molecule has 0 saturated heterocycles. The number of amides is 1. The Morgan fingerprint density at radius 1 is 1.23 bits per heavy atom. The number of aromatic hydroxyl groups is 1. The Morgan fingerprint density at radius 2 is 1.82 bits per heavy atom. The Balaban J connectivity index is 2.61. The lowest BCUT2D eigenvalue weighted by Crippen LogP contribution is -2.25. The molecular formula is C16H19ClN2O3. The lowest BCUT2D eigenvalue weighted by Gasteiger charge is -2.13. The van der Waals surface area contributed by atoms with E-state index in [0.29, 0.717) is 21.8 Å². The van der Waals surface area contributed by atoms with E-state index in [4.69, 9.17) is 16.3 Å². The summed E-state index contributed by atoms with van der Waals surface area (Å²) in [7, 11) is 3.18. The summed E-state index contributed by atoms with van der Waals surface area (Å²) >= 11 is 6.31. The molecule has 1 aromatic heterocycles. The van der Waals surface area contributed by atoms with Gasteiger partial charge in [0.2, 0.25) is 5.88 Å². The van der Waals surface area contributed by atoms with Crippen molar-refractivity contribution in [1.29, 1.82) is 0 Å². The first kappa shape index (κ1) is 16.2. The van der Waals surface area contributed by atoms with Crippen molar-refractivity contribution < 1.29 is 14.6 Å². The van der Waals surface area contributed by atoms with Crippen LogP contribution in [0.2, 0.25) is 5.02 Å². The summed E-state index contributed by atoms with van der Waals surface area (Å²) in [6.45, 7) is 5.63. The Morgan fingerprint density at radius 3 is 2.41 bits per heavy atom. The molecule has 0 saturated carbocycles. The number of rotatable bonds is 2. The highest BCUT2D eigenvalue weighted by atomic mass is 35.5. The summed E-state index contributed by atoms with van der Waals surface area (Å²) in [5.74, 6) is 0.200. The summed E-state index contributed by atoms with van der Waals surface area (Å²) in [5.41, 5.74) is 3.64. The van der Waals surface area contributed by atoms with E-state index < -0.39 is 6.09 Å². The minimum absolute atomic E-state index is 0.0794. The van der Waals surface area contributed by atoms with Crippen LogP contribution in [0.25, 0.3) is 11.1 Å². The number of aromatic amines is 1. The van der Waals surface area contributed by atoms with Crippen molar-refractivity contribution in [2.24, 2.45) is 0 Å². The van der Waals surface area contributed by atoms with Gasteiger partial charge in [-0.15, -0.1) is 0 Å². The molecule has 0 unspecified atom stereocenters. The summed E-state index contributed by atoms with van der Waals surface area (Å²) in [6, 6.07) is 3.69. The van der Waals surface area contributed by atoms with Crippen LogP contribution < -0.4 is 4.74 Å². The maximum atomic E-state index is 11.8. The van der Waals surface area contributed by atoms with Gasteiger partial charge < -0.3 is 19.7 Å². The van der Waals surface area contributed by atoms with Gasteiger partial charge in [0.15, 0.2) is 5.75 Å². The van der Waals surface area contributed by atoms with Gasteiger partial charge in [0.05, 0.1) is 11.3 Å². The van der Waals surface area contributed by atoms with Crippen molar-refractivity contribution in [2.45, 2.75) is 20.8 Å². The van der Waals surface area contributed by atoms with Crippen molar-refractivity contribution in [3.63, 3.8) is 0 Å². The summed E-state index contributed by atoms with van der Waals surface area (Å²) in [6.07, 6.45) is -0.525. The molecular weight excluding hydrogens is 304 g/mol. The molecule has 6 heteroatoms. The number of benzene rings is 1. The first-order chi connectivity index (χ1) is 10.2. The number of halogens is 1. The molecule has 0 aliphatic heterocycles. The zero-order valence-electron chi connectivity index (χ0n) is 13.2. The third kappa shape index (κ3) is 2.90. The normalized spacial score (nSPS) is 10.6. The molecule has 0 atom stereocenters. The second-order valence-corrected chi connectivity index (χ2v) is 5.89. The lowest BCUT2D eigenvalue weighted by atomic mass is 10.0. The van der Waals surface area contributed by atoms with E-state index >= 15 is 0 Å². The first-order valence-electron chi connectivity index (χ1n) is 6.80. The molecule has 1 amide bonds. The van der Waals surface area contributed by atoms with Gasteiger partial charge >= 0.3 is 6.09 Å². The Hall–Kier alpha value is -2.14. The Labute approximate surface area is 134 Å². The van der Waals surface area contributed by atoms with Crippen LogP contribution >= 0.6 is 11.6 Å². The third-order valence-corrected chi connectivity index (χ3v) is 3.83. The smallest absolute Gasteiger partial charge is 0.414 e. The van der Waals surface area contributed by atoms with Crippen molar-refractivity contribution in [3.8, 4) is 22.8 Å². The van der Waals surface area contributed by atoms with Gasteiger partial charge in [0.1, 0.15) is 0 Å². The van der Waals surface area contributed by atoms with Gasteiger partial charge in [-0.1, -0.05) is 11.6 Å². The van der Waals surface area contributed by atoms with Crippen LogP contribution in [-0.2, 0) is 0 Å². The molecule has 5 nitrogen and oxygen atoms in total. The lowest BCUT2D eigenvalue weighted by molar-refractivity contribution is 0.172. The van der Waals surface area contributed by atoms with E-state index in [-0.39, 0.29) is 11.6 Å². The molecule has 22 heavy (non-hydrogen) atoms. The summed E-state index contributed by atoms with van der Waals surface area (Å²) in [5, 5.41) is 10.7. The van der Waals surface area contributed by atoms with E-state index in [0.717, 1.165) is 11.1 Å². The number of aryl methyl sites for hydroxylation is 3. The number of hydrogen-bond donors (Lipinski definition) is 2. The zero-order valence-corrected chi connectivity index (χ0v) is 14.0. The van der Waals surface area contributed by atoms with Gasteiger partial charge in [0.25, 0.3) is 0 Å². The third-order valence-electron chi connectivity index (χ3n) is 3.52. The zero-order chi connectivity index (χ0) is 16.6. The van der Waals surface area contributed by atoms with Crippen molar-refractivity contribution in [3.05, 3.63) is 34.0 Å². The van der Waals surface area contributed by atoms with Gasteiger partial charge in [-0.25, -0.2) is 4.79 Å². The minimum Gasteiger partial charge on any atom is -0.494 e. The van der Waals surface area contributed by atoms with Crippen LogP contribution in [-0.4, -0.2) is 35.2 Å². The predicted molar refractivity (Wildman–Crippen MR) is 86.8 cm³/mol. The molecule has 2 aromatic rings. The highest BCUT2D eigenvalue weighted by molar-refractivity contribution is 6.33. The second-order valence-electron chi connectivity index (χ2n) is 5.48. The molecule has 1 aromatic carbocycles. The SMILES string of the molecule is Cc1cc(Cl)c(-c2c(O)[nH]c(C)c2OC(=O)N(C)C)cc1C. The average Bonchev–Trinajstić information content (AvgIpc) is 2.69. The van der Waals surface area contributed by atoms with Crippen molar-refractivity contribution in [2.75, 3.05) is 14.1 Å². The van der Waals surface area contributed by atoms with Crippen LogP contribution in [0.4, 0.5) is 4.79 Å². The highest BCUT2D eigenvalue weighted by Crippen LogP contribution is 2.44. The topological polar surface area (TPSA) is 65.6 Å². The fraction of sp³-hybridized carbons (Fsp3) is 0.312. The number of H-pyrrole nitrogens is 1. The second kappa shape index (κ2) is 5.93. The average molecular weight is 323 g/mol. The van der Waals surface area contributed by atoms with E-state index in [1.54, 1.807) is 21.0 Å². The Kier molecular flexibility index (Phi) is 4.37. The largest absolute Gasteiger partial charge is 0.494 e. The van der Waals surface area contributed by atoms with E-state index in [9.17, 15) is 9.90 Å². The van der Waals surface area contributed by atoms with E-state index in [1.807, 2.05) is 26.0 Å². The van der Waals surface area contributed by atoms with Gasteiger partial charge in [-0.05, 0) is 44.0 Å². The van der Waals surface area contributed by atoms with Crippen molar-refractivity contribution in [1.82, 2.24) is 9.88 Å². The highest BCUT2D eigenvalue weighted by Gasteiger charge is 2.23. The number of hydrogen-bond acceptors (Lipinski definition) is 3. The fourth-order valence-corrected chi connectivity index (χ4v) is 2.43. The fourth-order valence-electron chi connectivity index (χ4n) is 2.12. The maximum Gasteiger partial charge on any atom is 0.414 e. The van der Waals surface area contributed by atoms with Crippen LogP contribution in [0, 0.1) is 20.8 Å². The molecule has 0 aliphatic carbocycles. The quantitative estimate of drug-likeness (QED) is 0.877. The first-order valence-corrected chi connectivity index (χ1v) is 7.18. The molecule has 0 spiro atoms. The van der Waals surface area contributed by atoms with Crippen LogP contribution in [0.15, 0.2) is 12.1 Å². The number of ether oxygens (including phenoxy) is 1. The summed E-state index contributed by atoms with van der Waals surface area (Å²) in [4.78, 5) is 15.9. The molecule has 2 rings (SSSR count). The summed E-state index contributed by atoms with van der Waals surface area (Å²) < 4.78 is 5.38. The van der Waals surface area contributed by atoms with Gasteiger partial charge in [-0.3, -0.25) is 0 Å². The van der Waals surface area contributed by atoms with Crippen LogP contribution in [0.3, 0.4) is 0 Å². The van der Waals surface area contributed by atoms with E-state index in [1.165, 1.54) is 4.90 Å². The molecule has 0 fully saturated rings. The molecule has 118 valence electrons. The van der Waals surface area contributed by atoms with Crippen molar-refractivity contribution >= 4 is 17.7 Å². The molecule has 1 heterocycles. The molecule has 0 aliphatic rings. The Bertz CT molecular complexity index is 735. The number of nitrogens with zero attached hydrogens (tertiary/aromatic N) is 1. The number of aromatic nitrogens is 1.